The average molecular weight is 337 g/mol. The first-order valence-corrected chi connectivity index (χ1v) is 8.37. The maximum atomic E-state index is 13.8. The molecule has 5 nitrogen and oxygen atoms in total. The van der Waals surface area contributed by atoms with Gasteiger partial charge in [0.2, 0.25) is 5.91 Å². The lowest BCUT2D eigenvalue weighted by molar-refractivity contribution is -0.142. The minimum absolute atomic E-state index is 0.0338. The minimum atomic E-state index is -1.26. The molecule has 0 saturated heterocycles. The molecule has 0 heterocycles. The lowest BCUT2D eigenvalue weighted by atomic mass is 9.86. The summed E-state index contributed by atoms with van der Waals surface area (Å²) in [4.78, 5) is 23.5. The van der Waals surface area contributed by atoms with E-state index in [1.165, 1.54) is 38.5 Å². The second kappa shape index (κ2) is 8.66. The van der Waals surface area contributed by atoms with Gasteiger partial charge in [0.15, 0.2) is 17.6 Å². The van der Waals surface area contributed by atoms with E-state index in [1.54, 1.807) is 0 Å². The van der Waals surface area contributed by atoms with E-state index in [2.05, 4.69) is 5.32 Å². The fourth-order valence-electron chi connectivity index (χ4n) is 3.19. The Bertz CT molecular complexity index is 584. The third-order valence-electron chi connectivity index (χ3n) is 4.57. The topological polar surface area (TPSA) is 75.6 Å². The largest absolute Gasteiger partial charge is 0.494 e. The van der Waals surface area contributed by atoms with Crippen LogP contribution in [0.5, 0.6) is 5.75 Å². The van der Waals surface area contributed by atoms with Gasteiger partial charge in [0.05, 0.1) is 7.11 Å². The number of carbonyl (C=O) groups is 2. The molecule has 24 heavy (non-hydrogen) atoms. The fraction of sp³-hybridized carbons (Fsp3) is 0.556. The molecular weight excluding hydrogens is 313 g/mol. The van der Waals surface area contributed by atoms with Crippen LogP contribution in [-0.4, -0.2) is 24.1 Å². The number of carboxylic acids is 1. The van der Waals surface area contributed by atoms with Gasteiger partial charge in [0.25, 0.3) is 0 Å². The number of amides is 1. The number of carbonyl (C=O) groups excluding carboxylic acids is 1. The molecule has 0 radical (unpaired) electrons. The second-order valence-corrected chi connectivity index (χ2v) is 6.28. The minimum Gasteiger partial charge on any atom is -0.494 e. The van der Waals surface area contributed by atoms with E-state index in [1.807, 2.05) is 0 Å². The Morgan fingerprint density at radius 2 is 2.04 bits per heavy atom. The van der Waals surface area contributed by atoms with Crippen molar-refractivity contribution >= 4 is 11.9 Å². The first-order valence-electron chi connectivity index (χ1n) is 8.37. The predicted molar refractivity (Wildman–Crippen MR) is 87.3 cm³/mol. The maximum Gasteiger partial charge on any atom is 0.330 e. The number of methoxy groups -OCH3 is 1. The van der Waals surface area contributed by atoms with Crippen molar-refractivity contribution in [1.29, 1.82) is 0 Å². The summed E-state index contributed by atoms with van der Waals surface area (Å²) in [5.74, 6) is -1.61. The van der Waals surface area contributed by atoms with Crippen LogP contribution in [-0.2, 0) is 9.59 Å². The van der Waals surface area contributed by atoms with Crippen LogP contribution in [0.15, 0.2) is 18.2 Å². The van der Waals surface area contributed by atoms with Gasteiger partial charge in [-0.3, -0.25) is 4.79 Å². The van der Waals surface area contributed by atoms with E-state index < -0.39 is 17.8 Å². The van der Waals surface area contributed by atoms with E-state index in [9.17, 15) is 19.1 Å². The number of hydrogen-bond donors (Lipinski definition) is 2. The van der Waals surface area contributed by atoms with Gasteiger partial charge >= 0.3 is 5.97 Å². The molecule has 1 aliphatic carbocycles. The third kappa shape index (κ3) is 4.94. The number of halogens is 1. The standard InChI is InChI=1S/C18H24FNO4/c1-24-15-9-8-13(11-14(15)19)17(18(22)23)20-16(21)10-7-12-5-3-2-4-6-12/h8-9,11-12,17H,2-7,10H2,1H3,(H,20,21)(H,22,23). The van der Waals surface area contributed by atoms with Crippen molar-refractivity contribution in [2.75, 3.05) is 7.11 Å². The molecule has 1 saturated carbocycles. The molecule has 2 rings (SSSR count). The molecule has 6 heteroatoms. The van der Waals surface area contributed by atoms with Crippen molar-refractivity contribution in [3.05, 3.63) is 29.6 Å². The quantitative estimate of drug-likeness (QED) is 0.799. The fourth-order valence-corrected chi connectivity index (χ4v) is 3.19. The Morgan fingerprint density at radius 1 is 1.33 bits per heavy atom. The number of rotatable bonds is 7. The van der Waals surface area contributed by atoms with E-state index >= 15 is 0 Å². The summed E-state index contributed by atoms with van der Waals surface area (Å²) in [5.41, 5.74) is 0.187. The van der Waals surface area contributed by atoms with Crippen molar-refractivity contribution in [1.82, 2.24) is 5.32 Å². The van der Waals surface area contributed by atoms with Crippen molar-refractivity contribution in [2.45, 2.75) is 51.0 Å². The number of nitrogens with one attached hydrogen (secondary N) is 1. The molecule has 1 unspecified atom stereocenters. The monoisotopic (exact) mass is 337 g/mol. The molecule has 1 fully saturated rings. The van der Waals surface area contributed by atoms with Crippen LogP contribution in [0.2, 0.25) is 0 Å². The molecule has 1 aromatic rings. The van der Waals surface area contributed by atoms with Gasteiger partial charge in [-0.15, -0.1) is 0 Å². The Hall–Kier alpha value is -2.11. The Labute approximate surface area is 141 Å². The normalized spacial score (nSPS) is 16.4. The van der Waals surface area contributed by atoms with Crippen molar-refractivity contribution < 1.29 is 23.8 Å². The van der Waals surface area contributed by atoms with Crippen molar-refractivity contribution in [3.63, 3.8) is 0 Å². The zero-order chi connectivity index (χ0) is 17.5. The zero-order valence-corrected chi connectivity index (χ0v) is 13.9. The highest BCUT2D eigenvalue weighted by Crippen LogP contribution is 2.27. The number of aliphatic carboxylic acids is 1. The van der Waals surface area contributed by atoms with Gasteiger partial charge in [-0.05, 0) is 30.0 Å². The highest BCUT2D eigenvalue weighted by atomic mass is 19.1. The summed E-state index contributed by atoms with van der Waals surface area (Å²) in [7, 11) is 1.33. The molecule has 1 atom stereocenters. The molecule has 2 N–H and O–H groups in total. The summed E-state index contributed by atoms with van der Waals surface area (Å²) in [6, 6.07) is 2.62. The Kier molecular flexibility index (Phi) is 6.58. The molecule has 0 bridgehead atoms. The summed E-state index contributed by atoms with van der Waals surface area (Å²) in [6.07, 6.45) is 7.01. The molecule has 1 amide bonds. The maximum absolute atomic E-state index is 13.8. The third-order valence-corrected chi connectivity index (χ3v) is 4.57. The predicted octanol–water partition coefficient (Wildman–Crippen LogP) is 3.44. The Balaban J connectivity index is 1.96. The molecular formula is C18H24FNO4. The first-order chi connectivity index (χ1) is 11.5. The summed E-state index contributed by atoms with van der Waals surface area (Å²) >= 11 is 0. The second-order valence-electron chi connectivity index (χ2n) is 6.28. The molecule has 1 aromatic carbocycles. The molecule has 0 aliphatic heterocycles. The van der Waals surface area contributed by atoms with Crippen LogP contribution in [0.4, 0.5) is 4.39 Å². The van der Waals surface area contributed by atoms with Gasteiger partial charge in [-0.1, -0.05) is 38.2 Å². The van der Waals surface area contributed by atoms with Crippen molar-refractivity contribution in [2.24, 2.45) is 5.92 Å². The highest BCUT2D eigenvalue weighted by molar-refractivity contribution is 5.84. The van der Waals surface area contributed by atoms with Crippen LogP contribution < -0.4 is 10.1 Å². The van der Waals surface area contributed by atoms with E-state index in [-0.39, 0.29) is 17.2 Å². The number of ether oxygens (including phenoxy) is 1. The van der Waals surface area contributed by atoms with E-state index in [0.717, 1.165) is 25.3 Å². The summed E-state index contributed by atoms with van der Waals surface area (Å²) in [6.45, 7) is 0. The smallest absolute Gasteiger partial charge is 0.330 e. The zero-order valence-electron chi connectivity index (χ0n) is 13.9. The highest BCUT2D eigenvalue weighted by Gasteiger charge is 2.24. The van der Waals surface area contributed by atoms with E-state index in [0.29, 0.717) is 12.3 Å². The summed E-state index contributed by atoms with van der Waals surface area (Å²) < 4.78 is 18.6. The van der Waals surface area contributed by atoms with Gasteiger partial charge in [-0.2, -0.15) is 0 Å². The molecule has 1 aliphatic rings. The number of carboxylic acid groups (broad SMARTS) is 1. The molecule has 0 spiro atoms. The van der Waals surface area contributed by atoms with Crippen LogP contribution in [0.25, 0.3) is 0 Å². The van der Waals surface area contributed by atoms with Crippen LogP contribution in [0.3, 0.4) is 0 Å². The van der Waals surface area contributed by atoms with Gasteiger partial charge in [0, 0.05) is 6.42 Å². The van der Waals surface area contributed by atoms with Gasteiger partial charge < -0.3 is 15.2 Å². The SMILES string of the molecule is COc1ccc(C(NC(=O)CCC2CCCCC2)C(=O)O)cc1F. The lowest BCUT2D eigenvalue weighted by Crippen LogP contribution is -2.34. The first kappa shape index (κ1) is 18.2. The Morgan fingerprint density at radius 3 is 2.62 bits per heavy atom. The summed E-state index contributed by atoms with van der Waals surface area (Å²) in [5, 5.41) is 11.8. The number of hydrogen-bond acceptors (Lipinski definition) is 3. The molecule has 0 aromatic heterocycles. The number of benzene rings is 1. The average Bonchev–Trinajstić information content (AvgIpc) is 2.58. The lowest BCUT2D eigenvalue weighted by Gasteiger charge is -2.21. The van der Waals surface area contributed by atoms with Crippen LogP contribution in [0.1, 0.15) is 56.6 Å². The van der Waals surface area contributed by atoms with Crippen LogP contribution >= 0.6 is 0 Å². The van der Waals surface area contributed by atoms with Gasteiger partial charge in [-0.25, -0.2) is 9.18 Å². The molecule has 132 valence electrons. The van der Waals surface area contributed by atoms with E-state index in [4.69, 9.17) is 4.74 Å². The van der Waals surface area contributed by atoms with Crippen molar-refractivity contribution in [3.8, 4) is 5.75 Å². The van der Waals surface area contributed by atoms with Gasteiger partial charge in [0.1, 0.15) is 0 Å². The van der Waals surface area contributed by atoms with Crippen LogP contribution in [0, 0.1) is 11.7 Å².